The third kappa shape index (κ3) is 2.56. The molecule has 0 aromatic carbocycles. The fourth-order valence-corrected chi connectivity index (χ4v) is 4.39. The van der Waals surface area contributed by atoms with Crippen molar-refractivity contribution in [3.63, 3.8) is 0 Å². The highest BCUT2D eigenvalue weighted by atomic mass is 31.2. The van der Waals surface area contributed by atoms with Crippen LogP contribution in [0.3, 0.4) is 0 Å². The van der Waals surface area contributed by atoms with Crippen molar-refractivity contribution in [1.29, 1.82) is 0 Å². The third-order valence-corrected chi connectivity index (χ3v) is 5.83. The number of hydrogen-bond donors (Lipinski definition) is 0. The molecule has 0 heterocycles. The van der Waals surface area contributed by atoms with E-state index < -0.39 is 18.7 Å². The molecule has 100 valence electrons. The number of carbonyl (C=O) groups is 1. The first-order valence-electron chi connectivity index (χ1n) is 6.12. The van der Waals surface area contributed by atoms with Crippen molar-refractivity contribution < 1.29 is 23.1 Å². The van der Waals surface area contributed by atoms with Gasteiger partial charge in [-0.1, -0.05) is 0 Å². The van der Waals surface area contributed by atoms with E-state index >= 15 is 0 Å². The Morgan fingerprint density at radius 3 is 1.94 bits per heavy atom. The van der Waals surface area contributed by atoms with Gasteiger partial charge < -0.3 is 13.8 Å². The van der Waals surface area contributed by atoms with Crippen molar-refractivity contribution in [1.82, 2.24) is 0 Å². The van der Waals surface area contributed by atoms with Gasteiger partial charge in [-0.3, -0.25) is 9.36 Å². The van der Waals surface area contributed by atoms with Gasteiger partial charge in [0.05, 0.1) is 19.8 Å². The second-order valence-electron chi connectivity index (χ2n) is 3.94. The molecule has 0 atom stereocenters. The molecule has 0 saturated heterocycles. The molecule has 0 aromatic heterocycles. The van der Waals surface area contributed by atoms with Crippen LogP contribution in [0.15, 0.2) is 0 Å². The summed E-state index contributed by atoms with van der Waals surface area (Å²) in [6.45, 7) is 6.01. The molecular weight excluding hydrogens is 243 g/mol. The molecule has 1 aliphatic carbocycles. The highest BCUT2D eigenvalue weighted by Gasteiger charge is 2.61. The lowest BCUT2D eigenvalue weighted by Crippen LogP contribution is -2.47. The first-order valence-corrected chi connectivity index (χ1v) is 7.67. The lowest BCUT2D eigenvalue weighted by Gasteiger charge is -2.42. The van der Waals surface area contributed by atoms with Crippen molar-refractivity contribution in [2.75, 3.05) is 19.8 Å². The molecule has 6 heteroatoms. The summed E-state index contributed by atoms with van der Waals surface area (Å²) >= 11 is 0. The quantitative estimate of drug-likeness (QED) is 0.522. The topological polar surface area (TPSA) is 61.8 Å². The van der Waals surface area contributed by atoms with E-state index in [-0.39, 0.29) is 19.8 Å². The van der Waals surface area contributed by atoms with Gasteiger partial charge in [-0.2, -0.15) is 0 Å². The standard InChI is InChI=1S/C11H21O5P/c1-4-14-10(12)11(8-7-9-11)17(13,15-5-2)16-6-3/h4-9H2,1-3H3. The van der Waals surface area contributed by atoms with Gasteiger partial charge in [0.15, 0.2) is 5.16 Å². The van der Waals surface area contributed by atoms with Gasteiger partial charge in [0, 0.05) is 0 Å². The van der Waals surface area contributed by atoms with E-state index in [2.05, 4.69) is 0 Å². The number of hydrogen-bond acceptors (Lipinski definition) is 5. The molecule has 5 nitrogen and oxygen atoms in total. The van der Waals surface area contributed by atoms with Crippen LogP contribution in [0.25, 0.3) is 0 Å². The molecule has 1 fully saturated rings. The van der Waals surface area contributed by atoms with Crippen LogP contribution in [0.2, 0.25) is 0 Å². The van der Waals surface area contributed by atoms with Crippen molar-refractivity contribution in [2.24, 2.45) is 0 Å². The van der Waals surface area contributed by atoms with Gasteiger partial charge in [-0.25, -0.2) is 0 Å². The minimum Gasteiger partial charge on any atom is -0.465 e. The molecule has 0 N–H and O–H groups in total. The van der Waals surface area contributed by atoms with Gasteiger partial charge in [0.2, 0.25) is 0 Å². The summed E-state index contributed by atoms with van der Waals surface area (Å²) in [4.78, 5) is 12.0. The smallest absolute Gasteiger partial charge is 0.347 e. The SMILES string of the molecule is CCOC(=O)C1(P(=O)(OCC)OCC)CCC1. The van der Waals surface area contributed by atoms with Gasteiger partial charge in [-0.05, 0) is 40.0 Å². The fourth-order valence-electron chi connectivity index (χ4n) is 1.99. The van der Waals surface area contributed by atoms with E-state index in [0.29, 0.717) is 12.8 Å². The van der Waals surface area contributed by atoms with E-state index in [4.69, 9.17) is 13.8 Å². The Morgan fingerprint density at radius 2 is 1.65 bits per heavy atom. The number of ether oxygens (including phenoxy) is 1. The molecule has 1 rings (SSSR count). The first kappa shape index (κ1) is 14.7. The second-order valence-corrected chi connectivity index (χ2v) is 6.31. The van der Waals surface area contributed by atoms with Crippen LogP contribution < -0.4 is 0 Å². The zero-order valence-electron chi connectivity index (χ0n) is 10.7. The van der Waals surface area contributed by atoms with E-state index in [0.717, 1.165) is 6.42 Å². The van der Waals surface area contributed by atoms with E-state index in [1.54, 1.807) is 20.8 Å². The lowest BCUT2D eigenvalue weighted by atomic mass is 9.84. The Balaban J connectivity index is 2.95. The minimum atomic E-state index is -3.41. The van der Waals surface area contributed by atoms with E-state index in [1.807, 2.05) is 0 Å². The molecule has 1 saturated carbocycles. The highest BCUT2D eigenvalue weighted by Crippen LogP contribution is 2.68. The monoisotopic (exact) mass is 264 g/mol. The Kier molecular flexibility index (Phi) is 5.17. The molecule has 0 bridgehead atoms. The van der Waals surface area contributed by atoms with Crippen LogP contribution >= 0.6 is 7.60 Å². The Labute approximate surface area is 102 Å². The molecule has 0 aliphatic heterocycles. The summed E-state index contributed by atoms with van der Waals surface area (Å²) in [5, 5.41) is -1.06. The Bertz CT molecular complexity index is 301. The van der Waals surface area contributed by atoms with E-state index in [1.165, 1.54) is 0 Å². The summed E-state index contributed by atoms with van der Waals surface area (Å²) in [6.07, 6.45) is 1.88. The zero-order valence-corrected chi connectivity index (χ0v) is 11.6. The van der Waals surface area contributed by atoms with Crippen LogP contribution in [0, 0.1) is 0 Å². The van der Waals surface area contributed by atoms with Crippen molar-refractivity contribution >= 4 is 13.6 Å². The summed E-state index contributed by atoms with van der Waals surface area (Å²) in [5.41, 5.74) is 0. The van der Waals surface area contributed by atoms with Gasteiger partial charge in [0.1, 0.15) is 0 Å². The van der Waals surface area contributed by atoms with Crippen LogP contribution in [-0.4, -0.2) is 30.9 Å². The van der Waals surface area contributed by atoms with Crippen molar-refractivity contribution in [3.8, 4) is 0 Å². The minimum absolute atomic E-state index is 0.262. The number of rotatable bonds is 7. The third-order valence-electron chi connectivity index (χ3n) is 2.96. The summed E-state index contributed by atoms with van der Waals surface area (Å²) < 4.78 is 28.3. The summed E-state index contributed by atoms with van der Waals surface area (Å²) in [7, 11) is -3.41. The zero-order chi connectivity index (χ0) is 12.9. The maximum absolute atomic E-state index is 12.7. The average Bonchev–Trinajstić information content (AvgIpc) is 2.16. The van der Waals surface area contributed by atoms with Crippen molar-refractivity contribution in [3.05, 3.63) is 0 Å². The highest BCUT2D eigenvalue weighted by molar-refractivity contribution is 7.56. The summed E-state index contributed by atoms with van der Waals surface area (Å²) in [6, 6.07) is 0. The second kappa shape index (κ2) is 5.98. The van der Waals surface area contributed by atoms with Gasteiger partial charge in [0.25, 0.3) is 0 Å². The van der Waals surface area contributed by atoms with Crippen LogP contribution in [0.1, 0.15) is 40.0 Å². The number of carbonyl (C=O) groups excluding carboxylic acids is 1. The van der Waals surface area contributed by atoms with Crippen LogP contribution in [-0.2, 0) is 23.1 Å². The molecule has 0 unspecified atom stereocenters. The molecule has 0 spiro atoms. The predicted molar refractivity (Wildman–Crippen MR) is 64.1 cm³/mol. The van der Waals surface area contributed by atoms with E-state index in [9.17, 15) is 9.36 Å². The fraction of sp³-hybridized carbons (Fsp3) is 0.909. The largest absolute Gasteiger partial charge is 0.465 e. The predicted octanol–water partition coefficient (Wildman–Crippen LogP) is 2.74. The molecular formula is C11H21O5P. The maximum Gasteiger partial charge on any atom is 0.347 e. The Morgan fingerprint density at radius 1 is 1.12 bits per heavy atom. The summed E-state index contributed by atoms with van der Waals surface area (Å²) in [5.74, 6) is -0.448. The van der Waals surface area contributed by atoms with Crippen LogP contribution in [0.4, 0.5) is 0 Å². The first-order chi connectivity index (χ1) is 8.06. The van der Waals surface area contributed by atoms with Gasteiger partial charge in [-0.15, -0.1) is 0 Å². The molecule has 1 aliphatic rings. The molecule has 0 radical (unpaired) electrons. The maximum atomic E-state index is 12.7. The lowest BCUT2D eigenvalue weighted by molar-refractivity contribution is -0.149. The average molecular weight is 264 g/mol. The molecule has 17 heavy (non-hydrogen) atoms. The molecule has 0 aromatic rings. The molecule has 0 amide bonds. The Hall–Kier alpha value is -0.380. The van der Waals surface area contributed by atoms with Crippen molar-refractivity contribution in [2.45, 2.75) is 45.2 Å². The van der Waals surface area contributed by atoms with Gasteiger partial charge >= 0.3 is 13.6 Å². The van der Waals surface area contributed by atoms with Crippen LogP contribution in [0.5, 0.6) is 0 Å². The number of esters is 1. The normalized spacial score (nSPS) is 18.5.